The summed E-state index contributed by atoms with van der Waals surface area (Å²) < 4.78 is 5.88. The Morgan fingerprint density at radius 3 is 2.52 bits per heavy atom. The van der Waals surface area contributed by atoms with Crippen molar-refractivity contribution >= 4 is 0 Å². The van der Waals surface area contributed by atoms with Gasteiger partial charge in [-0.25, -0.2) is 0 Å². The molecular formula is C18H26N6O. The summed E-state index contributed by atoms with van der Waals surface area (Å²) in [5, 5.41) is 26.9. The first-order chi connectivity index (χ1) is 12.3. The molecule has 25 heavy (non-hydrogen) atoms. The summed E-state index contributed by atoms with van der Waals surface area (Å²) in [5.74, 6) is 2.39. The van der Waals surface area contributed by atoms with Gasteiger partial charge < -0.3 is 20.4 Å². The van der Waals surface area contributed by atoms with Gasteiger partial charge in [-0.3, -0.25) is 4.90 Å². The quantitative estimate of drug-likeness (QED) is 0.461. The van der Waals surface area contributed by atoms with E-state index in [1.165, 1.54) is 19.3 Å². The van der Waals surface area contributed by atoms with Crippen LogP contribution in [0, 0.1) is 22.7 Å². The highest BCUT2D eigenvalue weighted by molar-refractivity contribution is 5.38. The van der Waals surface area contributed by atoms with Gasteiger partial charge in [-0.05, 0) is 38.1 Å². The van der Waals surface area contributed by atoms with Gasteiger partial charge in [0.05, 0.1) is 13.1 Å². The molecule has 0 atom stereocenters. The third-order valence-corrected chi connectivity index (χ3v) is 4.17. The normalized spacial score (nSPS) is 14.4. The van der Waals surface area contributed by atoms with Crippen LogP contribution in [-0.2, 0) is 13.1 Å². The molecule has 1 fully saturated rings. The van der Waals surface area contributed by atoms with Crippen LogP contribution in [0.15, 0.2) is 27.9 Å². The Morgan fingerprint density at radius 2 is 1.84 bits per heavy atom. The summed E-state index contributed by atoms with van der Waals surface area (Å²) in [5.41, 5.74) is 0.0517. The maximum atomic E-state index is 8.86. The lowest BCUT2D eigenvalue weighted by molar-refractivity contribution is 0.203. The zero-order valence-corrected chi connectivity index (χ0v) is 14.8. The first-order valence-corrected chi connectivity index (χ1v) is 8.73. The molecule has 134 valence electrons. The molecule has 0 aliphatic carbocycles. The van der Waals surface area contributed by atoms with Gasteiger partial charge in [-0.15, -0.1) is 0 Å². The zero-order chi connectivity index (χ0) is 17.9. The number of nitrogens with one attached hydrogen (secondary N) is 3. The van der Waals surface area contributed by atoms with Gasteiger partial charge in [0.1, 0.15) is 29.5 Å². The highest BCUT2D eigenvalue weighted by Crippen LogP contribution is 2.15. The summed E-state index contributed by atoms with van der Waals surface area (Å²) in [7, 11) is 1.68. The Labute approximate surface area is 149 Å². The van der Waals surface area contributed by atoms with E-state index in [4.69, 9.17) is 14.9 Å². The maximum absolute atomic E-state index is 8.86. The Balaban J connectivity index is 1.68. The minimum atomic E-state index is 0.0517. The summed E-state index contributed by atoms with van der Waals surface area (Å²) >= 11 is 0. The van der Waals surface area contributed by atoms with Gasteiger partial charge in [0, 0.05) is 20.1 Å². The van der Waals surface area contributed by atoms with Crippen LogP contribution in [0.4, 0.5) is 0 Å². The van der Waals surface area contributed by atoms with Gasteiger partial charge in [0.2, 0.25) is 0 Å². The monoisotopic (exact) mass is 342 g/mol. The molecule has 3 N–H and O–H groups in total. The largest absolute Gasteiger partial charge is 0.463 e. The minimum absolute atomic E-state index is 0.0517. The number of furan rings is 1. The van der Waals surface area contributed by atoms with Crippen LogP contribution >= 0.6 is 0 Å². The molecule has 7 nitrogen and oxygen atoms in total. The van der Waals surface area contributed by atoms with Crippen LogP contribution < -0.4 is 16.0 Å². The van der Waals surface area contributed by atoms with E-state index in [-0.39, 0.29) is 5.57 Å². The van der Waals surface area contributed by atoms with E-state index >= 15 is 0 Å². The van der Waals surface area contributed by atoms with Crippen molar-refractivity contribution in [2.24, 2.45) is 0 Å². The third-order valence-electron chi connectivity index (χ3n) is 4.17. The van der Waals surface area contributed by atoms with Gasteiger partial charge in [0.15, 0.2) is 5.57 Å². The van der Waals surface area contributed by atoms with Crippen molar-refractivity contribution in [2.75, 3.05) is 33.2 Å². The molecule has 1 aromatic heterocycles. The molecule has 0 radical (unpaired) electrons. The van der Waals surface area contributed by atoms with Crippen molar-refractivity contribution in [3.05, 3.63) is 35.0 Å². The molecule has 1 saturated heterocycles. The summed E-state index contributed by atoms with van der Waals surface area (Å²) in [4.78, 5) is 2.44. The zero-order valence-electron chi connectivity index (χ0n) is 14.8. The molecule has 0 spiro atoms. The predicted molar refractivity (Wildman–Crippen MR) is 94.9 cm³/mol. The Hall–Kier alpha value is -2.48. The number of nitrogens with zero attached hydrogens (tertiary/aromatic N) is 3. The molecule has 2 rings (SSSR count). The molecule has 0 unspecified atom stereocenters. The topological polar surface area (TPSA) is 100 Å². The second-order valence-corrected chi connectivity index (χ2v) is 6.03. The van der Waals surface area contributed by atoms with Crippen molar-refractivity contribution < 1.29 is 4.42 Å². The molecule has 2 heterocycles. The van der Waals surface area contributed by atoms with Crippen LogP contribution in [0.2, 0.25) is 0 Å². The standard InChI is InChI=1S/C18H26N6O/c1-21-18(15(11-19)12-20)23-8-7-22-13-16-5-6-17(25-16)14-24-9-3-2-4-10-24/h5-6,21-23H,2-4,7-10,13-14H2,1H3. The highest BCUT2D eigenvalue weighted by Gasteiger charge is 2.12. The van der Waals surface area contributed by atoms with Crippen molar-refractivity contribution in [3.8, 4) is 12.1 Å². The molecule has 0 amide bonds. The van der Waals surface area contributed by atoms with E-state index in [1.807, 2.05) is 18.2 Å². The van der Waals surface area contributed by atoms with E-state index in [9.17, 15) is 0 Å². The fourth-order valence-electron chi connectivity index (χ4n) is 2.87. The first-order valence-electron chi connectivity index (χ1n) is 8.73. The molecule has 1 aliphatic rings. The van der Waals surface area contributed by atoms with Crippen LogP contribution in [0.3, 0.4) is 0 Å². The predicted octanol–water partition coefficient (Wildman–Crippen LogP) is 1.42. The maximum Gasteiger partial charge on any atom is 0.169 e. The fraction of sp³-hybridized carbons (Fsp3) is 0.556. The van der Waals surface area contributed by atoms with Crippen LogP contribution in [0.5, 0.6) is 0 Å². The van der Waals surface area contributed by atoms with Crippen molar-refractivity contribution in [1.82, 2.24) is 20.9 Å². The first kappa shape index (κ1) is 18.9. The van der Waals surface area contributed by atoms with E-state index in [0.29, 0.717) is 25.5 Å². The van der Waals surface area contributed by atoms with Crippen LogP contribution in [0.25, 0.3) is 0 Å². The molecule has 1 aromatic rings. The number of allylic oxidation sites excluding steroid dienone is 1. The fourth-order valence-corrected chi connectivity index (χ4v) is 2.87. The van der Waals surface area contributed by atoms with Crippen molar-refractivity contribution in [2.45, 2.75) is 32.4 Å². The van der Waals surface area contributed by atoms with E-state index in [1.54, 1.807) is 7.05 Å². The number of piperidine rings is 1. The molecular weight excluding hydrogens is 316 g/mol. The lowest BCUT2D eigenvalue weighted by atomic mass is 10.1. The van der Waals surface area contributed by atoms with Gasteiger partial charge in [0.25, 0.3) is 0 Å². The lowest BCUT2D eigenvalue weighted by Gasteiger charge is -2.25. The molecule has 1 aliphatic heterocycles. The third kappa shape index (κ3) is 6.15. The number of nitriles is 2. The number of likely N-dealkylation sites (tertiary alicyclic amines) is 1. The second-order valence-electron chi connectivity index (χ2n) is 6.03. The highest BCUT2D eigenvalue weighted by atomic mass is 16.3. The SMILES string of the molecule is CNC(NCCNCc1ccc(CN2CCCCC2)o1)=C(C#N)C#N. The minimum Gasteiger partial charge on any atom is -0.463 e. The molecule has 7 heteroatoms. The summed E-state index contributed by atoms with van der Waals surface area (Å²) in [6.07, 6.45) is 3.90. The molecule has 0 bridgehead atoms. The summed E-state index contributed by atoms with van der Waals surface area (Å²) in [6, 6.07) is 7.79. The average Bonchev–Trinajstić information content (AvgIpc) is 3.08. The van der Waals surface area contributed by atoms with Gasteiger partial charge >= 0.3 is 0 Å². The number of hydrogen-bond acceptors (Lipinski definition) is 7. The van der Waals surface area contributed by atoms with Crippen molar-refractivity contribution in [1.29, 1.82) is 10.5 Å². The van der Waals surface area contributed by atoms with Gasteiger partial charge in [-0.1, -0.05) is 6.42 Å². The number of rotatable bonds is 9. The van der Waals surface area contributed by atoms with E-state index < -0.39 is 0 Å². The second kappa shape index (κ2) is 10.4. The summed E-state index contributed by atoms with van der Waals surface area (Å²) in [6.45, 7) is 5.16. The molecule has 0 saturated carbocycles. The van der Waals surface area contributed by atoms with Crippen molar-refractivity contribution in [3.63, 3.8) is 0 Å². The molecule has 0 aromatic carbocycles. The Morgan fingerprint density at radius 1 is 1.12 bits per heavy atom. The van der Waals surface area contributed by atoms with Crippen LogP contribution in [-0.4, -0.2) is 38.1 Å². The van der Waals surface area contributed by atoms with Gasteiger partial charge in [-0.2, -0.15) is 10.5 Å². The average molecular weight is 342 g/mol. The van der Waals surface area contributed by atoms with E-state index in [0.717, 1.165) is 31.2 Å². The van der Waals surface area contributed by atoms with Crippen LogP contribution in [0.1, 0.15) is 30.8 Å². The Kier molecular flexibility index (Phi) is 7.84. The smallest absolute Gasteiger partial charge is 0.169 e. The number of hydrogen-bond donors (Lipinski definition) is 3. The van der Waals surface area contributed by atoms with E-state index in [2.05, 4.69) is 26.9 Å². The Bertz CT molecular complexity index is 629. The lowest BCUT2D eigenvalue weighted by Crippen LogP contribution is -2.31.